The minimum absolute atomic E-state index is 0.0921. The standard InChI is InChI=1S/C21H24N2O4/c1-2-27-18-10-8-16(9-11-18)19(24)12-13-20(25)22-14-15-23-21(26)17-6-4-3-5-7-17/h3-11H,2,12-15H2,1H3,(H,22,25)(H,23,26). The lowest BCUT2D eigenvalue weighted by molar-refractivity contribution is -0.121. The SMILES string of the molecule is CCOc1ccc(C(=O)CCC(=O)NCCNC(=O)c2ccccc2)cc1. The van der Waals surface area contributed by atoms with Gasteiger partial charge >= 0.3 is 0 Å². The van der Waals surface area contributed by atoms with Crippen LogP contribution in [0.2, 0.25) is 0 Å². The summed E-state index contributed by atoms with van der Waals surface area (Å²) < 4.78 is 5.33. The fourth-order valence-corrected chi connectivity index (χ4v) is 2.43. The molecule has 0 aromatic heterocycles. The summed E-state index contributed by atoms with van der Waals surface area (Å²) in [5.41, 5.74) is 1.13. The van der Waals surface area contributed by atoms with Crippen molar-refractivity contribution in [2.75, 3.05) is 19.7 Å². The van der Waals surface area contributed by atoms with Crippen LogP contribution in [0.1, 0.15) is 40.5 Å². The summed E-state index contributed by atoms with van der Waals surface area (Å²) in [7, 11) is 0. The molecular weight excluding hydrogens is 344 g/mol. The molecule has 6 nitrogen and oxygen atoms in total. The monoisotopic (exact) mass is 368 g/mol. The number of benzene rings is 2. The third-order valence-corrected chi connectivity index (χ3v) is 3.84. The number of amides is 2. The lowest BCUT2D eigenvalue weighted by Gasteiger charge is -2.07. The maximum Gasteiger partial charge on any atom is 0.251 e. The molecule has 6 heteroatoms. The van der Waals surface area contributed by atoms with Crippen molar-refractivity contribution >= 4 is 17.6 Å². The highest BCUT2D eigenvalue weighted by Gasteiger charge is 2.10. The highest BCUT2D eigenvalue weighted by molar-refractivity contribution is 5.98. The van der Waals surface area contributed by atoms with Crippen LogP contribution in [0, 0.1) is 0 Å². The van der Waals surface area contributed by atoms with Crippen LogP contribution in [-0.2, 0) is 4.79 Å². The number of carbonyl (C=O) groups is 3. The maximum atomic E-state index is 12.1. The highest BCUT2D eigenvalue weighted by atomic mass is 16.5. The quantitative estimate of drug-likeness (QED) is 0.499. The molecule has 0 aliphatic heterocycles. The van der Waals surface area contributed by atoms with Gasteiger partial charge < -0.3 is 15.4 Å². The maximum absolute atomic E-state index is 12.1. The Morgan fingerprint density at radius 2 is 1.48 bits per heavy atom. The fourth-order valence-electron chi connectivity index (χ4n) is 2.43. The van der Waals surface area contributed by atoms with Gasteiger partial charge in [0.15, 0.2) is 5.78 Å². The van der Waals surface area contributed by atoms with Crippen molar-refractivity contribution in [3.63, 3.8) is 0 Å². The number of hydrogen-bond acceptors (Lipinski definition) is 4. The average molecular weight is 368 g/mol. The predicted molar refractivity (Wildman–Crippen MR) is 103 cm³/mol. The van der Waals surface area contributed by atoms with Gasteiger partial charge in [-0.3, -0.25) is 14.4 Å². The zero-order chi connectivity index (χ0) is 19.5. The van der Waals surface area contributed by atoms with Gasteiger partial charge in [-0.2, -0.15) is 0 Å². The van der Waals surface area contributed by atoms with Gasteiger partial charge in [-0.1, -0.05) is 18.2 Å². The summed E-state index contributed by atoms with van der Waals surface area (Å²) >= 11 is 0. The lowest BCUT2D eigenvalue weighted by atomic mass is 10.1. The fraction of sp³-hybridized carbons (Fsp3) is 0.286. The molecule has 0 aliphatic carbocycles. The van der Waals surface area contributed by atoms with E-state index in [0.29, 0.717) is 36.6 Å². The second kappa shape index (κ2) is 10.8. The van der Waals surface area contributed by atoms with Crippen molar-refractivity contribution in [2.24, 2.45) is 0 Å². The minimum atomic E-state index is -0.219. The first kappa shape index (κ1) is 20.2. The van der Waals surface area contributed by atoms with Crippen molar-refractivity contribution < 1.29 is 19.1 Å². The van der Waals surface area contributed by atoms with Gasteiger partial charge in [0, 0.05) is 37.1 Å². The molecule has 0 radical (unpaired) electrons. The first-order chi connectivity index (χ1) is 13.1. The van der Waals surface area contributed by atoms with Crippen LogP contribution in [0.4, 0.5) is 0 Å². The molecule has 0 fully saturated rings. The molecule has 2 amide bonds. The largest absolute Gasteiger partial charge is 0.494 e. The third-order valence-electron chi connectivity index (χ3n) is 3.84. The summed E-state index contributed by atoms with van der Waals surface area (Å²) in [4.78, 5) is 35.8. The van der Waals surface area contributed by atoms with E-state index in [4.69, 9.17) is 4.74 Å². The summed E-state index contributed by atoms with van der Waals surface area (Å²) in [5, 5.41) is 5.42. The van der Waals surface area contributed by atoms with E-state index in [1.807, 2.05) is 13.0 Å². The molecular formula is C21H24N2O4. The van der Waals surface area contributed by atoms with Gasteiger partial charge in [0.05, 0.1) is 6.61 Å². The zero-order valence-corrected chi connectivity index (χ0v) is 15.4. The summed E-state index contributed by atoms with van der Waals surface area (Å²) in [6, 6.07) is 15.7. The van der Waals surface area contributed by atoms with E-state index in [-0.39, 0.29) is 30.4 Å². The van der Waals surface area contributed by atoms with Gasteiger partial charge in [-0.05, 0) is 43.3 Å². The highest BCUT2D eigenvalue weighted by Crippen LogP contribution is 2.14. The first-order valence-corrected chi connectivity index (χ1v) is 8.96. The number of nitrogens with one attached hydrogen (secondary N) is 2. The number of ketones is 1. The van der Waals surface area contributed by atoms with Crippen LogP contribution < -0.4 is 15.4 Å². The van der Waals surface area contributed by atoms with E-state index in [1.165, 1.54) is 0 Å². The molecule has 0 bridgehead atoms. The van der Waals surface area contributed by atoms with E-state index < -0.39 is 0 Å². The van der Waals surface area contributed by atoms with Gasteiger partial charge in [0.1, 0.15) is 5.75 Å². The van der Waals surface area contributed by atoms with Gasteiger partial charge in [-0.25, -0.2) is 0 Å². The molecule has 2 N–H and O–H groups in total. The molecule has 0 unspecified atom stereocenters. The van der Waals surface area contributed by atoms with Crippen LogP contribution in [0.15, 0.2) is 54.6 Å². The second-order valence-electron chi connectivity index (χ2n) is 5.85. The van der Waals surface area contributed by atoms with Crippen LogP contribution in [0.3, 0.4) is 0 Å². The Labute approximate surface area is 158 Å². The average Bonchev–Trinajstić information content (AvgIpc) is 2.70. The first-order valence-electron chi connectivity index (χ1n) is 8.96. The van der Waals surface area contributed by atoms with Crippen LogP contribution in [-0.4, -0.2) is 37.3 Å². The summed E-state index contributed by atoms with van der Waals surface area (Å²) in [6.07, 6.45) is 0.245. The van der Waals surface area contributed by atoms with Gasteiger partial charge in [0.25, 0.3) is 5.91 Å². The Hall–Kier alpha value is -3.15. The molecule has 0 atom stereocenters. The molecule has 0 heterocycles. The Balaban J connectivity index is 1.64. The minimum Gasteiger partial charge on any atom is -0.494 e. The number of carbonyl (C=O) groups excluding carboxylic acids is 3. The molecule has 0 spiro atoms. The molecule has 142 valence electrons. The van der Waals surface area contributed by atoms with E-state index in [0.717, 1.165) is 0 Å². The molecule has 2 aromatic carbocycles. The van der Waals surface area contributed by atoms with Gasteiger partial charge in [-0.15, -0.1) is 0 Å². The van der Waals surface area contributed by atoms with Crippen molar-refractivity contribution in [3.05, 3.63) is 65.7 Å². The molecule has 27 heavy (non-hydrogen) atoms. The van der Waals surface area contributed by atoms with Crippen molar-refractivity contribution in [2.45, 2.75) is 19.8 Å². The summed E-state index contributed by atoms with van der Waals surface area (Å²) in [6.45, 7) is 3.10. The third kappa shape index (κ3) is 6.93. The summed E-state index contributed by atoms with van der Waals surface area (Å²) in [5.74, 6) is 0.216. The number of Topliss-reactive ketones (excluding diaryl/α,β-unsaturated/α-hetero) is 1. The lowest BCUT2D eigenvalue weighted by Crippen LogP contribution is -2.34. The van der Waals surface area contributed by atoms with Crippen molar-refractivity contribution in [1.29, 1.82) is 0 Å². The number of ether oxygens (including phenoxy) is 1. The Morgan fingerprint density at radius 1 is 0.815 bits per heavy atom. The zero-order valence-electron chi connectivity index (χ0n) is 15.4. The second-order valence-corrected chi connectivity index (χ2v) is 5.85. The van der Waals surface area contributed by atoms with E-state index >= 15 is 0 Å². The Morgan fingerprint density at radius 3 is 2.15 bits per heavy atom. The van der Waals surface area contributed by atoms with E-state index in [1.54, 1.807) is 48.5 Å². The van der Waals surface area contributed by atoms with Crippen molar-refractivity contribution in [3.8, 4) is 5.75 Å². The molecule has 0 aliphatic rings. The topological polar surface area (TPSA) is 84.5 Å². The molecule has 2 rings (SSSR count). The Bertz CT molecular complexity index is 758. The number of hydrogen-bond donors (Lipinski definition) is 2. The molecule has 0 saturated carbocycles. The van der Waals surface area contributed by atoms with Crippen molar-refractivity contribution in [1.82, 2.24) is 10.6 Å². The van der Waals surface area contributed by atoms with Crippen LogP contribution >= 0.6 is 0 Å². The van der Waals surface area contributed by atoms with Crippen LogP contribution in [0.5, 0.6) is 5.75 Å². The molecule has 0 saturated heterocycles. The van der Waals surface area contributed by atoms with Gasteiger partial charge in [0.2, 0.25) is 5.91 Å². The number of rotatable bonds is 10. The Kier molecular flexibility index (Phi) is 8.03. The van der Waals surface area contributed by atoms with Crippen LogP contribution in [0.25, 0.3) is 0 Å². The van der Waals surface area contributed by atoms with E-state index in [2.05, 4.69) is 10.6 Å². The smallest absolute Gasteiger partial charge is 0.251 e. The molecule has 2 aromatic rings. The predicted octanol–water partition coefficient (Wildman–Crippen LogP) is 2.59. The van der Waals surface area contributed by atoms with E-state index in [9.17, 15) is 14.4 Å². The normalized spacial score (nSPS) is 10.1.